The van der Waals surface area contributed by atoms with E-state index in [0.717, 1.165) is 34.5 Å². The molecule has 1 saturated carbocycles. The molecule has 0 spiro atoms. The van der Waals surface area contributed by atoms with Crippen LogP contribution in [-0.4, -0.2) is 9.46 Å². The van der Waals surface area contributed by atoms with Crippen LogP contribution >= 0.6 is 11.6 Å². The molecule has 1 heterocycles. The molecular formula is C14H15ClO2S. The lowest BCUT2D eigenvalue weighted by atomic mass is 10.2. The Morgan fingerprint density at radius 2 is 2.06 bits per heavy atom. The standard InChI is InChI=1S/C14H15ClO2S/c1-9-14(18(16)11-4-2-3-5-11)12-8-10(15)6-7-13(12)17-9/h6-8,11H,2-5H2,1H3. The Morgan fingerprint density at radius 1 is 1.33 bits per heavy atom. The molecule has 0 saturated heterocycles. The molecular weight excluding hydrogens is 268 g/mol. The van der Waals surface area contributed by atoms with Crippen LogP contribution in [0.4, 0.5) is 0 Å². The molecule has 1 aliphatic carbocycles. The molecule has 1 fully saturated rings. The van der Waals surface area contributed by atoms with Gasteiger partial charge in [-0.1, -0.05) is 24.4 Å². The molecule has 1 aliphatic rings. The van der Waals surface area contributed by atoms with Crippen molar-refractivity contribution in [1.29, 1.82) is 0 Å². The van der Waals surface area contributed by atoms with Crippen molar-refractivity contribution in [1.82, 2.24) is 0 Å². The van der Waals surface area contributed by atoms with Gasteiger partial charge in [0.1, 0.15) is 11.3 Å². The summed E-state index contributed by atoms with van der Waals surface area (Å²) in [5.74, 6) is 0.762. The van der Waals surface area contributed by atoms with E-state index in [2.05, 4.69) is 0 Å². The Bertz CT molecular complexity index is 612. The molecule has 0 N–H and O–H groups in total. The van der Waals surface area contributed by atoms with Gasteiger partial charge in [-0.25, -0.2) is 0 Å². The van der Waals surface area contributed by atoms with E-state index in [-0.39, 0.29) is 5.25 Å². The van der Waals surface area contributed by atoms with Gasteiger partial charge in [-0.15, -0.1) is 0 Å². The Hall–Kier alpha value is -0.800. The minimum atomic E-state index is -0.974. The van der Waals surface area contributed by atoms with Crippen LogP contribution in [0.5, 0.6) is 0 Å². The molecule has 1 aromatic carbocycles. The van der Waals surface area contributed by atoms with Crippen LogP contribution in [0.3, 0.4) is 0 Å². The molecule has 4 heteroatoms. The van der Waals surface area contributed by atoms with Crippen LogP contribution in [-0.2, 0) is 10.8 Å². The van der Waals surface area contributed by atoms with Crippen molar-refractivity contribution in [3.05, 3.63) is 29.0 Å². The predicted octanol–water partition coefficient (Wildman–Crippen LogP) is 4.44. The minimum absolute atomic E-state index is 0.281. The minimum Gasteiger partial charge on any atom is -0.460 e. The molecule has 0 aliphatic heterocycles. The second kappa shape index (κ2) is 4.71. The lowest BCUT2D eigenvalue weighted by molar-refractivity contribution is 0.565. The average molecular weight is 283 g/mol. The van der Waals surface area contributed by atoms with E-state index >= 15 is 0 Å². The molecule has 1 atom stereocenters. The first-order valence-electron chi connectivity index (χ1n) is 6.26. The number of hydrogen-bond acceptors (Lipinski definition) is 2. The van der Waals surface area contributed by atoms with E-state index in [0.29, 0.717) is 5.02 Å². The summed E-state index contributed by atoms with van der Waals surface area (Å²) in [7, 11) is -0.974. The monoisotopic (exact) mass is 282 g/mol. The first-order chi connectivity index (χ1) is 8.66. The third kappa shape index (κ3) is 1.99. The quantitative estimate of drug-likeness (QED) is 0.815. The Balaban J connectivity index is 2.12. The predicted molar refractivity (Wildman–Crippen MR) is 74.6 cm³/mol. The topological polar surface area (TPSA) is 30.2 Å². The summed E-state index contributed by atoms with van der Waals surface area (Å²) in [6.07, 6.45) is 4.48. The largest absolute Gasteiger partial charge is 0.460 e. The summed E-state index contributed by atoms with van der Waals surface area (Å²) < 4.78 is 18.3. The van der Waals surface area contributed by atoms with E-state index in [1.165, 1.54) is 12.8 Å². The van der Waals surface area contributed by atoms with E-state index in [1.807, 2.05) is 19.1 Å². The summed E-state index contributed by atoms with van der Waals surface area (Å²) in [6, 6.07) is 5.50. The molecule has 0 bridgehead atoms. The zero-order valence-electron chi connectivity index (χ0n) is 10.2. The Labute approximate surface area is 114 Å². The fourth-order valence-electron chi connectivity index (χ4n) is 2.69. The Kier molecular flexibility index (Phi) is 3.20. The maximum Gasteiger partial charge on any atom is 0.135 e. The molecule has 18 heavy (non-hydrogen) atoms. The van der Waals surface area contributed by atoms with Crippen LogP contribution in [0.1, 0.15) is 31.4 Å². The number of fused-ring (bicyclic) bond motifs is 1. The fourth-order valence-corrected chi connectivity index (χ4v) is 4.66. The van der Waals surface area contributed by atoms with Gasteiger partial charge in [0.05, 0.1) is 15.7 Å². The second-order valence-electron chi connectivity index (χ2n) is 4.83. The van der Waals surface area contributed by atoms with Crippen molar-refractivity contribution in [3.8, 4) is 0 Å². The lowest BCUT2D eigenvalue weighted by Crippen LogP contribution is -2.10. The van der Waals surface area contributed by atoms with Gasteiger partial charge in [0.25, 0.3) is 0 Å². The molecule has 2 aromatic rings. The maximum atomic E-state index is 12.7. The molecule has 1 aromatic heterocycles. The zero-order chi connectivity index (χ0) is 12.7. The highest BCUT2D eigenvalue weighted by atomic mass is 35.5. The van der Waals surface area contributed by atoms with Gasteiger partial charge >= 0.3 is 0 Å². The van der Waals surface area contributed by atoms with Gasteiger partial charge in [-0.3, -0.25) is 4.21 Å². The highest BCUT2D eigenvalue weighted by molar-refractivity contribution is 7.86. The molecule has 0 amide bonds. The van der Waals surface area contributed by atoms with Crippen molar-refractivity contribution in [3.63, 3.8) is 0 Å². The van der Waals surface area contributed by atoms with Crippen LogP contribution in [0.2, 0.25) is 5.02 Å². The van der Waals surface area contributed by atoms with Gasteiger partial charge in [-0.05, 0) is 38.0 Å². The molecule has 1 unspecified atom stereocenters. The average Bonchev–Trinajstić information content (AvgIpc) is 2.94. The zero-order valence-corrected chi connectivity index (χ0v) is 11.8. The number of hydrogen-bond donors (Lipinski definition) is 0. The van der Waals surface area contributed by atoms with Crippen molar-refractivity contribution in [2.75, 3.05) is 0 Å². The molecule has 0 radical (unpaired) electrons. The van der Waals surface area contributed by atoms with Gasteiger partial charge in [0.15, 0.2) is 0 Å². The highest BCUT2D eigenvalue weighted by Gasteiger charge is 2.27. The summed E-state index contributed by atoms with van der Waals surface area (Å²) in [4.78, 5) is 0.847. The second-order valence-corrected chi connectivity index (χ2v) is 6.94. The number of aryl methyl sites for hydroxylation is 1. The lowest BCUT2D eigenvalue weighted by Gasteiger charge is -2.08. The SMILES string of the molecule is Cc1oc2ccc(Cl)cc2c1S(=O)C1CCCC1. The van der Waals surface area contributed by atoms with Crippen LogP contribution < -0.4 is 0 Å². The third-order valence-corrected chi connectivity index (χ3v) is 5.80. The van der Waals surface area contributed by atoms with Crippen molar-refractivity contribution >= 4 is 33.4 Å². The van der Waals surface area contributed by atoms with E-state index < -0.39 is 10.8 Å². The first kappa shape index (κ1) is 12.2. The van der Waals surface area contributed by atoms with Crippen molar-refractivity contribution in [2.45, 2.75) is 42.8 Å². The molecule has 2 nitrogen and oxygen atoms in total. The number of furan rings is 1. The highest BCUT2D eigenvalue weighted by Crippen LogP contribution is 2.35. The number of benzene rings is 1. The van der Waals surface area contributed by atoms with Crippen LogP contribution in [0.15, 0.2) is 27.5 Å². The van der Waals surface area contributed by atoms with Gasteiger partial charge < -0.3 is 4.42 Å². The van der Waals surface area contributed by atoms with Gasteiger partial charge in [0.2, 0.25) is 0 Å². The van der Waals surface area contributed by atoms with Crippen molar-refractivity contribution < 1.29 is 8.63 Å². The van der Waals surface area contributed by atoms with E-state index in [1.54, 1.807) is 6.07 Å². The summed E-state index contributed by atoms with van der Waals surface area (Å²) in [5.41, 5.74) is 0.776. The first-order valence-corrected chi connectivity index (χ1v) is 7.85. The van der Waals surface area contributed by atoms with Gasteiger partial charge in [0, 0.05) is 15.7 Å². The smallest absolute Gasteiger partial charge is 0.135 e. The molecule has 96 valence electrons. The van der Waals surface area contributed by atoms with Crippen LogP contribution in [0, 0.1) is 6.92 Å². The third-order valence-electron chi connectivity index (χ3n) is 3.58. The Morgan fingerprint density at radius 3 is 2.78 bits per heavy atom. The normalized spacial score (nSPS) is 18.6. The maximum absolute atomic E-state index is 12.7. The summed E-state index contributed by atoms with van der Waals surface area (Å²) >= 11 is 6.02. The van der Waals surface area contributed by atoms with E-state index in [9.17, 15) is 4.21 Å². The number of halogens is 1. The van der Waals surface area contributed by atoms with Crippen molar-refractivity contribution in [2.24, 2.45) is 0 Å². The number of rotatable bonds is 2. The van der Waals surface area contributed by atoms with E-state index in [4.69, 9.17) is 16.0 Å². The van der Waals surface area contributed by atoms with Crippen LogP contribution in [0.25, 0.3) is 11.0 Å². The van der Waals surface area contributed by atoms with Gasteiger partial charge in [-0.2, -0.15) is 0 Å². The summed E-state index contributed by atoms with van der Waals surface area (Å²) in [6.45, 7) is 1.89. The molecule has 3 rings (SSSR count). The fraction of sp³-hybridized carbons (Fsp3) is 0.429. The summed E-state index contributed by atoms with van der Waals surface area (Å²) in [5, 5.41) is 1.85.